The van der Waals surface area contributed by atoms with Crippen molar-refractivity contribution in [3.63, 3.8) is 0 Å². The topological polar surface area (TPSA) is 29.1 Å². The van der Waals surface area contributed by atoms with Crippen molar-refractivity contribution in [3.8, 4) is 0 Å². The Balaban J connectivity index is 1.85. The van der Waals surface area contributed by atoms with Crippen molar-refractivity contribution < 1.29 is 9.18 Å². The van der Waals surface area contributed by atoms with E-state index in [1.165, 1.54) is 6.07 Å². The summed E-state index contributed by atoms with van der Waals surface area (Å²) >= 11 is 5.77. The highest BCUT2D eigenvalue weighted by Gasteiger charge is 2.18. The van der Waals surface area contributed by atoms with Crippen molar-refractivity contribution in [3.05, 3.63) is 106 Å². The van der Waals surface area contributed by atoms with Crippen LogP contribution in [0, 0.1) is 12.7 Å². The minimum Gasteiger partial charge on any atom is -0.345 e. The molecule has 0 radical (unpaired) electrons. The van der Waals surface area contributed by atoms with Gasteiger partial charge >= 0.3 is 0 Å². The molecule has 1 amide bonds. The predicted octanol–water partition coefficient (Wildman–Crippen LogP) is 5.24. The first-order chi connectivity index (χ1) is 12.5. The average Bonchev–Trinajstić information content (AvgIpc) is 2.63. The molecule has 26 heavy (non-hydrogen) atoms. The van der Waals surface area contributed by atoms with Gasteiger partial charge in [-0.3, -0.25) is 4.79 Å². The van der Waals surface area contributed by atoms with Crippen molar-refractivity contribution in [2.24, 2.45) is 0 Å². The highest BCUT2D eigenvalue weighted by Crippen LogP contribution is 2.23. The Bertz CT molecular complexity index is 911. The van der Waals surface area contributed by atoms with E-state index in [-0.39, 0.29) is 18.4 Å². The summed E-state index contributed by atoms with van der Waals surface area (Å²) in [4.78, 5) is 12.6. The number of halogens is 2. The molecule has 0 saturated carbocycles. The van der Waals surface area contributed by atoms with E-state index in [2.05, 4.69) is 5.32 Å². The van der Waals surface area contributed by atoms with E-state index >= 15 is 0 Å². The van der Waals surface area contributed by atoms with Crippen LogP contribution in [0.2, 0.25) is 5.02 Å². The molecule has 0 heterocycles. The summed E-state index contributed by atoms with van der Waals surface area (Å²) in [7, 11) is 0. The van der Waals surface area contributed by atoms with E-state index in [0.29, 0.717) is 10.6 Å². The maximum absolute atomic E-state index is 14.0. The van der Waals surface area contributed by atoms with E-state index in [1.807, 2.05) is 61.5 Å². The molecule has 4 heteroatoms. The fraction of sp³-hybridized carbons (Fsp3) is 0.136. The fourth-order valence-corrected chi connectivity index (χ4v) is 3.06. The van der Waals surface area contributed by atoms with Gasteiger partial charge in [0.2, 0.25) is 5.91 Å². The van der Waals surface area contributed by atoms with Crippen LogP contribution < -0.4 is 5.32 Å². The molecule has 1 N–H and O–H groups in total. The van der Waals surface area contributed by atoms with E-state index in [0.717, 1.165) is 16.7 Å². The molecule has 0 fully saturated rings. The molecule has 3 aromatic carbocycles. The standard InChI is InChI=1S/C22H19ClFNO/c1-15-6-5-9-18(12-15)22(16-7-3-2-4-8-16)25-21(26)13-17-10-11-19(23)14-20(17)24/h2-12,14,22H,13H2,1H3,(H,25,26)/t22-/m1/s1. The number of hydrogen-bond donors (Lipinski definition) is 1. The maximum atomic E-state index is 14.0. The molecule has 3 aromatic rings. The van der Waals surface area contributed by atoms with Gasteiger partial charge in [0.25, 0.3) is 0 Å². The number of hydrogen-bond acceptors (Lipinski definition) is 1. The lowest BCUT2D eigenvalue weighted by atomic mass is 9.97. The monoisotopic (exact) mass is 367 g/mol. The molecule has 132 valence electrons. The minimum absolute atomic E-state index is 0.0435. The van der Waals surface area contributed by atoms with Crippen LogP contribution in [0.25, 0.3) is 0 Å². The highest BCUT2D eigenvalue weighted by atomic mass is 35.5. The van der Waals surface area contributed by atoms with Crippen molar-refractivity contribution in [1.29, 1.82) is 0 Å². The zero-order chi connectivity index (χ0) is 18.5. The van der Waals surface area contributed by atoms with Crippen molar-refractivity contribution in [2.45, 2.75) is 19.4 Å². The summed E-state index contributed by atoms with van der Waals surface area (Å²) in [5, 5.41) is 3.34. The Kier molecular flexibility index (Phi) is 5.69. The summed E-state index contributed by atoms with van der Waals surface area (Å²) in [6.45, 7) is 2.01. The molecule has 3 rings (SSSR count). The van der Waals surface area contributed by atoms with Gasteiger partial charge in [-0.1, -0.05) is 77.8 Å². The molecule has 0 aliphatic carbocycles. The van der Waals surface area contributed by atoms with Gasteiger partial charge in [0, 0.05) is 5.02 Å². The Morgan fingerprint density at radius 3 is 2.42 bits per heavy atom. The molecule has 0 bridgehead atoms. The van der Waals surface area contributed by atoms with Gasteiger partial charge in [-0.2, -0.15) is 0 Å². The zero-order valence-electron chi connectivity index (χ0n) is 14.4. The third-order valence-electron chi connectivity index (χ3n) is 4.18. The number of carbonyl (C=O) groups excluding carboxylic acids is 1. The van der Waals surface area contributed by atoms with Gasteiger partial charge in [0.15, 0.2) is 0 Å². The van der Waals surface area contributed by atoms with Crippen LogP contribution in [0.1, 0.15) is 28.3 Å². The number of nitrogens with one attached hydrogen (secondary N) is 1. The average molecular weight is 368 g/mol. The lowest BCUT2D eigenvalue weighted by Gasteiger charge is -2.20. The van der Waals surface area contributed by atoms with E-state index in [4.69, 9.17) is 11.6 Å². The van der Waals surface area contributed by atoms with Crippen LogP contribution >= 0.6 is 11.6 Å². The Hall–Kier alpha value is -2.65. The smallest absolute Gasteiger partial charge is 0.225 e. The van der Waals surface area contributed by atoms with Gasteiger partial charge in [-0.05, 0) is 35.7 Å². The molecule has 0 unspecified atom stereocenters. The van der Waals surface area contributed by atoms with Crippen LogP contribution in [0.5, 0.6) is 0 Å². The third-order valence-corrected chi connectivity index (χ3v) is 4.41. The SMILES string of the molecule is Cc1cccc([C@H](NC(=O)Cc2ccc(Cl)cc2F)c2ccccc2)c1. The molecule has 2 nitrogen and oxygen atoms in total. The first-order valence-corrected chi connectivity index (χ1v) is 8.75. The zero-order valence-corrected chi connectivity index (χ0v) is 15.1. The summed E-state index contributed by atoms with van der Waals surface area (Å²) in [5.74, 6) is -0.721. The van der Waals surface area contributed by atoms with Gasteiger partial charge in [0.1, 0.15) is 5.82 Å². The number of amides is 1. The fourth-order valence-electron chi connectivity index (χ4n) is 2.90. The summed E-state index contributed by atoms with van der Waals surface area (Å²) in [6, 6.07) is 21.8. The van der Waals surface area contributed by atoms with Crippen LogP contribution in [0.15, 0.2) is 72.8 Å². The number of rotatable bonds is 5. The second-order valence-electron chi connectivity index (χ2n) is 6.24. The minimum atomic E-state index is -0.473. The molecule has 1 atom stereocenters. The van der Waals surface area contributed by atoms with E-state index in [9.17, 15) is 9.18 Å². The third kappa shape index (κ3) is 4.50. The number of carbonyl (C=O) groups is 1. The highest BCUT2D eigenvalue weighted by molar-refractivity contribution is 6.30. The predicted molar refractivity (Wildman–Crippen MR) is 103 cm³/mol. The quantitative estimate of drug-likeness (QED) is 0.656. The lowest BCUT2D eigenvalue weighted by molar-refractivity contribution is -0.121. The first-order valence-electron chi connectivity index (χ1n) is 8.38. The number of aryl methyl sites for hydroxylation is 1. The summed E-state index contributed by atoms with van der Waals surface area (Å²) in [5.41, 5.74) is 3.40. The molecule has 0 aromatic heterocycles. The van der Waals surface area contributed by atoms with Crippen molar-refractivity contribution in [2.75, 3.05) is 0 Å². The first kappa shape index (κ1) is 18.2. The molecular weight excluding hydrogens is 349 g/mol. The second-order valence-corrected chi connectivity index (χ2v) is 6.67. The van der Waals surface area contributed by atoms with Crippen molar-refractivity contribution in [1.82, 2.24) is 5.32 Å². The summed E-state index contributed by atoms with van der Waals surface area (Å²) in [6.07, 6.45) is -0.0435. The van der Waals surface area contributed by atoms with Crippen LogP contribution in [-0.4, -0.2) is 5.91 Å². The lowest BCUT2D eigenvalue weighted by Crippen LogP contribution is -2.30. The Labute approximate surface area is 157 Å². The van der Waals surface area contributed by atoms with Gasteiger partial charge in [-0.25, -0.2) is 4.39 Å². The van der Waals surface area contributed by atoms with Gasteiger partial charge in [-0.15, -0.1) is 0 Å². The van der Waals surface area contributed by atoms with Gasteiger partial charge in [0.05, 0.1) is 12.5 Å². The molecular formula is C22H19ClFNO. The van der Waals surface area contributed by atoms with Crippen LogP contribution in [0.3, 0.4) is 0 Å². The van der Waals surface area contributed by atoms with Gasteiger partial charge < -0.3 is 5.32 Å². The van der Waals surface area contributed by atoms with E-state index < -0.39 is 5.82 Å². The largest absolute Gasteiger partial charge is 0.345 e. The molecule has 0 aliphatic rings. The van der Waals surface area contributed by atoms with Crippen molar-refractivity contribution >= 4 is 17.5 Å². The maximum Gasteiger partial charge on any atom is 0.225 e. The summed E-state index contributed by atoms with van der Waals surface area (Å²) < 4.78 is 14.0. The Morgan fingerprint density at radius 2 is 1.73 bits per heavy atom. The van der Waals surface area contributed by atoms with Crippen LogP contribution in [-0.2, 0) is 11.2 Å². The Morgan fingerprint density at radius 1 is 1.00 bits per heavy atom. The number of benzene rings is 3. The van der Waals surface area contributed by atoms with Crippen LogP contribution in [0.4, 0.5) is 4.39 Å². The normalized spacial score (nSPS) is 11.8. The molecule has 0 saturated heterocycles. The molecule has 0 spiro atoms. The second kappa shape index (κ2) is 8.15. The molecule has 0 aliphatic heterocycles. The van der Waals surface area contributed by atoms with E-state index in [1.54, 1.807) is 12.1 Å².